The molecule has 5 heteroatoms. The highest BCUT2D eigenvalue weighted by atomic mass is 16.5. The number of ether oxygens (including phenoxy) is 1. The number of Topliss-reactive ketones (excluding diaryl/α,β-unsaturated/α-hetero) is 1. The van der Waals surface area contributed by atoms with Crippen molar-refractivity contribution in [2.75, 3.05) is 0 Å². The van der Waals surface area contributed by atoms with E-state index in [1.807, 2.05) is 30.3 Å². The first kappa shape index (κ1) is 15.8. The first-order chi connectivity index (χ1) is 11.9. The van der Waals surface area contributed by atoms with Crippen LogP contribution in [0.5, 0.6) is 5.88 Å². The average molecular weight is 336 g/mol. The maximum Gasteiger partial charge on any atom is 0.258 e. The molecule has 1 unspecified atom stereocenters. The Hall–Kier alpha value is -2.69. The lowest BCUT2D eigenvalue weighted by atomic mass is 9.70. The Bertz CT molecular complexity index is 955. The maximum absolute atomic E-state index is 12.9. The molecule has 2 heterocycles. The molecule has 0 bridgehead atoms. The minimum Gasteiger partial charge on any atom is -0.442 e. The summed E-state index contributed by atoms with van der Waals surface area (Å²) in [6, 6.07) is 9.63. The van der Waals surface area contributed by atoms with E-state index in [0.29, 0.717) is 41.4 Å². The summed E-state index contributed by atoms with van der Waals surface area (Å²) in [4.78, 5) is 32.7. The Kier molecular flexibility index (Phi) is 3.42. The van der Waals surface area contributed by atoms with Crippen molar-refractivity contribution in [2.24, 2.45) is 5.41 Å². The minimum absolute atomic E-state index is 0.0470. The number of carbonyl (C=O) groups excluding carboxylic acids is 1. The van der Waals surface area contributed by atoms with Crippen molar-refractivity contribution in [3.05, 3.63) is 69.0 Å². The summed E-state index contributed by atoms with van der Waals surface area (Å²) in [5.74, 6) is 1.09. The Morgan fingerprint density at radius 2 is 1.88 bits per heavy atom. The molecule has 5 nitrogen and oxygen atoms in total. The molecule has 0 saturated heterocycles. The predicted octanol–water partition coefficient (Wildman–Crippen LogP) is 3.25. The van der Waals surface area contributed by atoms with E-state index in [1.54, 1.807) is 6.92 Å². The summed E-state index contributed by atoms with van der Waals surface area (Å²) in [6.45, 7) is 5.84. The fourth-order valence-electron chi connectivity index (χ4n) is 3.83. The van der Waals surface area contributed by atoms with Gasteiger partial charge in [0.15, 0.2) is 5.78 Å². The molecule has 2 aromatic rings. The molecule has 1 atom stereocenters. The SMILES string of the molecule is Cc1nc2c(c(=O)[nH]1)C(c1ccccc1)C1=C(CC(C)(C)CC1=O)O2. The van der Waals surface area contributed by atoms with Gasteiger partial charge in [-0.2, -0.15) is 4.98 Å². The van der Waals surface area contributed by atoms with Gasteiger partial charge in [-0.1, -0.05) is 44.2 Å². The number of H-pyrrole nitrogens is 1. The number of hydrogen-bond acceptors (Lipinski definition) is 4. The average Bonchev–Trinajstić information content (AvgIpc) is 2.52. The highest BCUT2D eigenvalue weighted by molar-refractivity contribution is 6.00. The number of benzene rings is 1. The number of fused-ring (bicyclic) bond motifs is 1. The molecule has 1 aromatic heterocycles. The van der Waals surface area contributed by atoms with Gasteiger partial charge >= 0.3 is 0 Å². The third-order valence-electron chi connectivity index (χ3n) is 4.85. The number of aromatic nitrogens is 2. The number of rotatable bonds is 1. The highest BCUT2D eigenvalue weighted by Gasteiger charge is 2.43. The number of nitrogens with one attached hydrogen (secondary N) is 1. The second kappa shape index (κ2) is 5.41. The second-order valence-electron chi connectivity index (χ2n) is 7.59. The Balaban J connectivity index is 2.00. The van der Waals surface area contributed by atoms with Crippen molar-refractivity contribution in [3.8, 4) is 5.88 Å². The zero-order valence-corrected chi connectivity index (χ0v) is 14.6. The van der Waals surface area contributed by atoms with Gasteiger partial charge in [-0.05, 0) is 17.9 Å². The van der Waals surface area contributed by atoms with Gasteiger partial charge in [0.25, 0.3) is 5.56 Å². The quantitative estimate of drug-likeness (QED) is 0.868. The zero-order valence-electron chi connectivity index (χ0n) is 14.6. The van der Waals surface area contributed by atoms with Gasteiger partial charge in [0, 0.05) is 18.4 Å². The summed E-state index contributed by atoms with van der Waals surface area (Å²) in [5, 5.41) is 0. The number of carbonyl (C=O) groups is 1. The molecule has 128 valence electrons. The van der Waals surface area contributed by atoms with Gasteiger partial charge in [-0.3, -0.25) is 9.59 Å². The third-order valence-corrected chi connectivity index (χ3v) is 4.85. The monoisotopic (exact) mass is 336 g/mol. The normalized spacial score (nSPS) is 21.4. The van der Waals surface area contributed by atoms with Gasteiger partial charge in [0.2, 0.25) is 5.88 Å². The molecule has 0 radical (unpaired) electrons. The molecule has 0 spiro atoms. The van der Waals surface area contributed by atoms with Crippen molar-refractivity contribution in [1.29, 1.82) is 0 Å². The summed E-state index contributed by atoms with van der Waals surface area (Å²) >= 11 is 0. The molecule has 0 amide bonds. The number of allylic oxidation sites excluding steroid dienone is 2. The van der Waals surface area contributed by atoms with E-state index >= 15 is 0 Å². The predicted molar refractivity (Wildman–Crippen MR) is 93.6 cm³/mol. The molecule has 1 aliphatic carbocycles. The van der Waals surface area contributed by atoms with E-state index in [4.69, 9.17) is 4.74 Å². The highest BCUT2D eigenvalue weighted by Crippen LogP contribution is 2.48. The lowest BCUT2D eigenvalue weighted by molar-refractivity contribution is -0.118. The van der Waals surface area contributed by atoms with Gasteiger partial charge in [-0.15, -0.1) is 0 Å². The van der Waals surface area contributed by atoms with Crippen LogP contribution >= 0.6 is 0 Å². The summed E-state index contributed by atoms with van der Waals surface area (Å²) in [6.07, 6.45) is 1.11. The zero-order chi connectivity index (χ0) is 17.8. The molecular formula is C20H20N2O3. The number of aromatic amines is 1. The number of nitrogens with zero attached hydrogens (tertiary/aromatic N) is 1. The van der Waals surface area contributed by atoms with Crippen LogP contribution in [0, 0.1) is 12.3 Å². The number of aryl methyl sites for hydroxylation is 1. The van der Waals surface area contributed by atoms with Crippen LogP contribution < -0.4 is 10.3 Å². The molecule has 1 aromatic carbocycles. The molecule has 4 rings (SSSR count). The fourth-order valence-corrected chi connectivity index (χ4v) is 3.83. The minimum atomic E-state index is -0.430. The first-order valence-corrected chi connectivity index (χ1v) is 8.45. The molecule has 0 saturated carbocycles. The van der Waals surface area contributed by atoms with Crippen LogP contribution in [0.1, 0.15) is 49.6 Å². The van der Waals surface area contributed by atoms with Crippen molar-refractivity contribution in [3.63, 3.8) is 0 Å². The van der Waals surface area contributed by atoms with E-state index in [0.717, 1.165) is 5.56 Å². The van der Waals surface area contributed by atoms with Gasteiger partial charge < -0.3 is 9.72 Å². The van der Waals surface area contributed by atoms with Crippen LogP contribution in [-0.2, 0) is 4.79 Å². The van der Waals surface area contributed by atoms with Crippen molar-refractivity contribution >= 4 is 5.78 Å². The smallest absolute Gasteiger partial charge is 0.258 e. The van der Waals surface area contributed by atoms with E-state index < -0.39 is 5.92 Å². The first-order valence-electron chi connectivity index (χ1n) is 8.45. The number of ketones is 1. The van der Waals surface area contributed by atoms with E-state index in [-0.39, 0.29) is 16.8 Å². The van der Waals surface area contributed by atoms with Crippen molar-refractivity contribution in [2.45, 2.75) is 39.5 Å². The molecule has 0 fully saturated rings. The molecule has 25 heavy (non-hydrogen) atoms. The molecular weight excluding hydrogens is 316 g/mol. The van der Waals surface area contributed by atoms with Crippen LogP contribution in [0.2, 0.25) is 0 Å². The second-order valence-corrected chi connectivity index (χ2v) is 7.59. The molecule has 1 aliphatic heterocycles. The number of hydrogen-bond donors (Lipinski definition) is 1. The Morgan fingerprint density at radius 3 is 2.60 bits per heavy atom. The van der Waals surface area contributed by atoms with Crippen molar-refractivity contribution in [1.82, 2.24) is 9.97 Å². The summed E-state index contributed by atoms with van der Waals surface area (Å²) in [7, 11) is 0. The van der Waals surface area contributed by atoms with Gasteiger partial charge in [-0.25, -0.2) is 0 Å². The van der Waals surface area contributed by atoms with Gasteiger partial charge in [0.1, 0.15) is 11.6 Å². The van der Waals surface area contributed by atoms with Crippen LogP contribution in [0.3, 0.4) is 0 Å². The van der Waals surface area contributed by atoms with Crippen LogP contribution in [0.25, 0.3) is 0 Å². The lowest BCUT2D eigenvalue weighted by Crippen LogP contribution is -2.36. The van der Waals surface area contributed by atoms with Crippen molar-refractivity contribution < 1.29 is 9.53 Å². The summed E-state index contributed by atoms with van der Waals surface area (Å²) < 4.78 is 5.98. The molecule has 2 aliphatic rings. The topological polar surface area (TPSA) is 72.0 Å². The van der Waals surface area contributed by atoms with Gasteiger partial charge in [0.05, 0.1) is 11.5 Å². The molecule has 1 N–H and O–H groups in total. The lowest BCUT2D eigenvalue weighted by Gasteiger charge is -2.37. The van der Waals surface area contributed by atoms with Crippen LogP contribution in [-0.4, -0.2) is 15.8 Å². The Morgan fingerprint density at radius 1 is 1.16 bits per heavy atom. The van der Waals surface area contributed by atoms with E-state index in [2.05, 4.69) is 23.8 Å². The standard InChI is InChI=1S/C20H20N2O3/c1-11-21-18(24)17-15(12-7-5-4-6-8-12)16-13(23)9-20(2,3)10-14(16)25-19(17)22-11/h4-8,15H,9-10H2,1-3H3,(H,21,22,24). The Labute approximate surface area is 145 Å². The fraction of sp³-hybridized carbons (Fsp3) is 0.350. The van der Waals surface area contributed by atoms with Crippen LogP contribution in [0.4, 0.5) is 0 Å². The summed E-state index contributed by atoms with van der Waals surface area (Å²) in [5.41, 5.74) is 1.52. The maximum atomic E-state index is 12.9. The third kappa shape index (κ3) is 2.60. The van der Waals surface area contributed by atoms with E-state index in [9.17, 15) is 9.59 Å². The van der Waals surface area contributed by atoms with E-state index in [1.165, 1.54) is 0 Å². The van der Waals surface area contributed by atoms with Crippen LogP contribution in [0.15, 0.2) is 46.5 Å². The largest absolute Gasteiger partial charge is 0.442 e.